The number of benzene rings is 10. The number of aromatic hydroxyl groups is 25. The molecule has 0 amide bonds. The quantitative estimate of drug-likeness (QED) is 0.0160. The SMILES string of the molecule is O=C(OC[C@H]1O[C@@H](OC(=O)c2cc(O)c(O)c(OC(=O)c3cc(O)c(O)c(O)c3)c2)[C@H](OC(=O)c2cc(O)c(O)c(OC(=O)c3cc(O)c(O)c(O)c3)c2)[C@@H](OC(=O)c2cc(O)c(O)c(OC(=O)c3cc(O)c(O)c(O)c3)c2)[C@@H]1OC(=O)c1cc(O)c(O)c(OC(=O)c2cc(O)c(O)c(O)c2)c1)c1cc(O)c(O)c(OC(=O)c2cc(O)c(O)c(O)c2)c1.[Na+]. The second kappa shape index (κ2) is 35.0. The third-order valence-corrected chi connectivity index (χ3v) is 16.9. The van der Waals surface area contributed by atoms with Crippen LogP contribution >= 0.6 is 0 Å². The van der Waals surface area contributed by atoms with E-state index >= 15 is 14.4 Å². The van der Waals surface area contributed by atoms with Crippen molar-refractivity contribution >= 4 is 59.7 Å². The summed E-state index contributed by atoms with van der Waals surface area (Å²) in [4.78, 5) is 142. The van der Waals surface area contributed by atoms with Crippen LogP contribution in [0.1, 0.15) is 104 Å². The van der Waals surface area contributed by atoms with Crippen molar-refractivity contribution in [2.24, 2.45) is 0 Å². The summed E-state index contributed by atoms with van der Waals surface area (Å²) in [5.74, 6) is -56.0. The fourth-order valence-corrected chi connectivity index (χ4v) is 10.8. The second-order valence-electron chi connectivity index (χ2n) is 25.1. The number of phenols is 25. The molecule has 10 aromatic carbocycles. The summed E-state index contributed by atoms with van der Waals surface area (Å²) >= 11 is 0. The van der Waals surface area contributed by atoms with Gasteiger partial charge in [0.05, 0.1) is 55.6 Å². The molecule has 0 radical (unpaired) electrons. The number of hydrogen-bond acceptors (Lipinski definition) is 46. The van der Waals surface area contributed by atoms with Crippen LogP contribution in [0.25, 0.3) is 0 Å². The molecule has 0 saturated carbocycles. The molecule has 47 heteroatoms. The molecule has 0 aliphatic carbocycles. The molecule has 5 atom stereocenters. The molecule has 10 aromatic rings. The van der Waals surface area contributed by atoms with Crippen molar-refractivity contribution in [2.45, 2.75) is 30.7 Å². The van der Waals surface area contributed by atoms with E-state index in [1.165, 1.54) is 0 Å². The fraction of sp³-hybridized carbons (Fsp3) is 0.0789. The van der Waals surface area contributed by atoms with E-state index in [-0.39, 0.29) is 29.6 Å². The number of ether oxygens (including phenoxy) is 11. The Balaban J connectivity index is 0.0000158. The van der Waals surface area contributed by atoms with Crippen LogP contribution in [0, 0.1) is 0 Å². The normalized spacial score (nSPS) is 14.5. The summed E-state index contributed by atoms with van der Waals surface area (Å²) < 4.78 is 60.4. The molecule has 0 unspecified atom stereocenters. The Morgan fingerprint density at radius 3 is 0.602 bits per heavy atom. The van der Waals surface area contributed by atoms with Gasteiger partial charge in [0.1, 0.15) is 12.7 Å². The number of rotatable bonds is 21. The Labute approximate surface area is 700 Å². The van der Waals surface area contributed by atoms with Crippen molar-refractivity contribution < 1.29 is 257 Å². The minimum Gasteiger partial charge on any atom is -0.504 e. The van der Waals surface area contributed by atoms with E-state index in [1.54, 1.807) is 0 Å². The minimum absolute atomic E-state index is 0. The molecule has 1 fully saturated rings. The van der Waals surface area contributed by atoms with Crippen molar-refractivity contribution in [3.63, 3.8) is 0 Å². The zero-order valence-corrected chi connectivity index (χ0v) is 62.9. The number of carbonyl (C=O) groups is 10. The van der Waals surface area contributed by atoms with Crippen molar-refractivity contribution in [1.82, 2.24) is 0 Å². The van der Waals surface area contributed by atoms with E-state index in [0.29, 0.717) is 121 Å². The minimum atomic E-state index is -3.12. The number of esters is 10. The first kappa shape index (κ1) is 88.2. The summed E-state index contributed by atoms with van der Waals surface area (Å²) in [6.45, 7) is -1.71. The van der Waals surface area contributed by atoms with Gasteiger partial charge < -0.3 is 180 Å². The van der Waals surface area contributed by atoms with Gasteiger partial charge in [-0.2, -0.15) is 0 Å². The van der Waals surface area contributed by atoms with Crippen LogP contribution in [0.3, 0.4) is 0 Å². The summed E-state index contributed by atoms with van der Waals surface area (Å²) in [5.41, 5.74) is -9.89. The molecule has 0 bridgehead atoms. The topological polar surface area (TPSA) is 778 Å². The summed E-state index contributed by atoms with van der Waals surface area (Å²) in [6, 6.07) is 8.56. The maximum absolute atomic E-state index is 15.3. The maximum atomic E-state index is 15.3. The largest absolute Gasteiger partial charge is 1.00 e. The van der Waals surface area contributed by atoms with Crippen molar-refractivity contribution in [3.05, 3.63) is 177 Å². The van der Waals surface area contributed by atoms with Gasteiger partial charge in [-0.05, 0) is 121 Å². The van der Waals surface area contributed by atoms with Crippen LogP contribution in [0.4, 0.5) is 0 Å². The van der Waals surface area contributed by atoms with E-state index in [2.05, 4.69) is 0 Å². The predicted octanol–water partition coefficient (Wildman–Crippen LogP) is 1.84. The molecule has 1 aliphatic rings. The first-order valence-corrected chi connectivity index (χ1v) is 33.2. The molecule has 46 nitrogen and oxygen atoms in total. The van der Waals surface area contributed by atoms with E-state index < -0.39 is 325 Å². The first-order valence-electron chi connectivity index (χ1n) is 33.2. The number of carbonyl (C=O) groups excluding carboxylic acids is 10. The van der Waals surface area contributed by atoms with Crippen LogP contribution in [0.15, 0.2) is 121 Å². The fourth-order valence-electron chi connectivity index (χ4n) is 10.8. The number of phenolic OH excluding ortho intramolecular Hbond substituents is 25. The molecule has 1 aliphatic heterocycles. The average Bonchev–Trinajstić information content (AvgIpc) is 0.764. The molecular weight excluding hydrogens is 1670 g/mol. The molecule has 632 valence electrons. The zero-order chi connectivity index (χ0) is 89.4. The first-order chi connectivity index (χ1) is 57.4. The van der Waals surface area contributed by atoms with Crippen LogP contribution in [-0.2, 0) is 28.4 Å². The van der Waals surface area contributed by atoms with Crippen LogP contribution in [0.2, 0.25) is 0 Å². The average molecular weight is 1720 g/mol. The van der Waals surface area contributed by atoms with Gasteiger partial charge in [0.25, 0.3) is 0 Å². The molecule has 0 aromatic heterocycles. The third-order valence-electron chi connectivity index (χ3n) is 16.9. The van der Waals surface area contributed by atoms with E-state index in [0.717, 1.165) is 0 Å². The second-order valence-corrected chi connectivity index (χ2v) is 25.1. The molecule has 25 N–H and O–H groups in total. The van der Waals surface area contributed by atoms with Crippen molar-refractivity contribution in [2.75, 3.05) is 6.61 Å². The van der Waals surface area contributed by atoms with E-state index in [1.807, 2.05) is 0 Å². The molecule has 0 spiro atoms. The maximum Gasteiger partial charge on any atom is 1.00 e. The van der Waals surface area contributed by atoms with Gasteiger partial charge in [-0.3, -0.25) is 0 Å². The smallest absolute Gasteiger partial charge is 0.504 e. The van der Waals surface area contributed by atoms with Crippen LogP contribution < -0.4 is 53.2 Å². The summed E-state index contributed by atoms with van der Waals surface area (Å²) in [5, 5.41) is 261. The van der Waals surface area contributed by atoms with Gasteiger partial charge in [-0.1, -0.05) is 0 Å². The van der Waals surface area contributed by atoms with Gasteiger partial charge in [0, 0.05) is 0 Å². The van der Waals surface area contributed by atoms with Gasteiger partial charge in [-0.25, -0.2) is 47.9 Å². The predicted molar refractivity (Wildman–Crippen MR) is 383 cm³/mol. The molecule has 1 saturated heterocycles. The Morgan fingerprint density at radius 2 is 0.382 bits per heavy atom. The Hall–Kier alpha value is -17.1. The van der Waals surface area contributed by atoms with Gasteiger partial charge >= 0.3 is 89.3 Å². The molecule has 11 rings (SSSR count). The summed E-state index contributed by atoms with van der Waals surface area (Å²) in [6.07, 6.45) is -15.1. The number of hydrogen-bond donors (Lipinski definition) is 25. The summed E-state index contributed by atoms with van der Waals surface area (Å²) in [7, 11) is 0. The molecule has 123 heavy (non-hydrogen) atoms. The Bertz CT molecular complexity index is 5980. The van der Waals surface area contributed by atoms with Crippen molar-refractivity contribution in [1.29, 1.82) is 0 Å². The van der Waals surface area contributed by atoms with Crippen LogP contribution in [-0.4, -0.2) is 225 Å². The molecular formula is C76H52NaO46+. The Morgan fingerprint density at radius 1 is 0.211 bits per heavy atom. The van der Waals surface area contributed by atoms with Gasteiger partial charge in [0.2, 0.25) is 41.1 Å². The van der Waals surface area contributed by atoms with Crippen molar-refractivity contribution in [3.8, 4) is 172 Å². The van der Waals surface area contributed by atoms with Gasteiger partial charge in [0.15, 0.2) is 156 Å². The standard InChI is InChI=1S/C76H52O46.Na/c77-32-1-22(2-33(78)53(32)92)67(103)113-47-16-27(11-42(87)58(47)97)66(102)112-21-52-63(119-72(108)28-12-43(88)59(98)48(17-28)114-68(104)23-3-34(79)54(93)35(80)4-23)64(120-73(109)29-13-44(89)60(99)49(18-29)115-69(105)24-5-36(81)55(94)37(82)6-24)65(121-74(110)30-14-45(90)61(100)50(19-30)116-70(106)25-7-38(83)56(95)39(84)8-25)76(118-52)122-75(111)31-15-46(91)62(101)51(20-31)117-71(107)26-9-40(85)57(96)41(86)10-26;/h1-20,52,63-65,76-101H,21H2;/q;+1/t52-,63-,64+,65-,76+;/m1./s1. The van der Waals surface area contributed by atoms with Gasteiger partial charge in [-0.15, -0.1) is 0 Å². The Kier molecular flexibility index (Phi) is 25.1. The van der Waals surface area contributed by atoms with Crippen LogP contribution in [0.5, 0.6) is 172 Å². The van der Waals surface area contributed by atoms with E-state index in [4.69, 9.17) is 52.1 Å². The third kappa shape index (κ3) is 18.7. The van der Waals surface area contributed by atoms with E-state index in [9.17, 15) is 161 Å². The monoisotopic (exact) mass is 1720 g/mol. The zero-order valence-electron chi connectivity index (χ0n) is 60.9. The molecule has 1 heterocycles.